The largest absolute Gasteiger partial charge is 0.430 e. The summed E-state index contributed by atoms with van der Waals surface area (Å²) in [4.78, 5) is 18.2. The van der Waals surface area contributed by atoms with E-state index in [1.54, 1.807) is 0 Å². The zero-order valence-corrected chi connectivity index (χ0v) is 28.3. The Bertz CT molecular complexity index is 1910. The minimum Gasteiger partial charge on any atom is -0.349 e. The molecular formula is C34H33F9N4O4S. The predicted molar refractivity (Wildman–Crippen MR) is 168 cm³/mol. The van der Waals surface area contributed by atoms with Gasteiger partial charge < -0.3 is 25.2 Å². The van der Waals surface area contributed by atoms with Crippen molar-refractivity contribution in [1.82, 2.24) is 14.7 Å². The van der Waals surface area contributed by atoms with E-state index >= 15 is 0 Å². The van der Waals surface area contributed by atoms with Crippen molar-refractivity contribution in [3.8, 4) is 0 Å². The third-order valence-electron chi connectivity index (χ3n) is 10.4. The smallest absolute Gasteiger partial charge is 0.349 e. The number of benzene rings is 3. The first kappa shape index (κ1) is 37.9. The quantitative estimate of drug-likeness (QED) is 0.245. The van der Waals surface area contributed by atoms with Crippen LogP contribution >= 0.6 is 0 Å². The van der Waals surface area contributed by atoms with Crippen LogP contribution in [0.4, 0.5) is 44.3 Å². The summed E-state index contributed by atoms with van der Waals surface area (Å²) < 4.78 is 161. The molecule has 0 spiro atoms. The molecule has 3 saturated heterocycles. The minimum absolute atomic E-state index is 0.0519. The number of hydrogen-bond acceptors (Lipinski definition) is 6. The van der Waals surface area contributed by atoms with Gasteiger partial charge in [-0.25, -0.2) is 26.4 Å². The van der Waals surface area contributed by atoms with Gasteiger partial charge >= 0.3 is 18.4 Å². The number of sulfone groups is 1. The van der Waals surface area contributed by atoms with Gasteiger partial charge in [0.25, 0.3) is 5.60 Å². The Kier molecular flexibility index (Phi) is 9.40. The fourth-order valence-corrected chi connectivity index (χ4v) is 9.77. The van der Waals surface area contributed by atoms with E-state index in [4.69, 9.17) is 5.73 Å². The molecule has 6 rings (SSSR count). The van der Waals surface area contributed by atoms with E-state index in [9.17, 15) is 52.7 Å². The maximum Gasteiger partial charge on any atom is 0.430 e. The summed E-state index contributed by atoms with van der Waals surface area (Å²) in [7, 11) is -2.73. The molecule has 3 aliphatic heterocycles. The van der Waals surface area contributed by atoms with E-state index in [2.05, 4.69) is 4.74 Å². The van der Waals surface area contributed by atoms with Gasteiger partial charge in [0.15, 0.2) is 9.84 Å². The van der Waals surface area contributed by atoms with Crippen molar-refractivity contribution in [2.75, 3.05) is 46.3 Å². The Morgan fingerprint density at radius 1 is 0.846 bits per heavy atom. The third-order valence-corrected chi connectivity index (χ3v) is 12.8. The van der Waals surface area contributed by atoms with E-state index in [1.807, 2.05) is 11.9 Å². The van der Waals surface area contributed by atoms with Crippen LogP contribution in [0.15, 0.2) is 71.6 Å². The van der Waals surface area contributed by atoms with Crippen molar-refractivity contribution in [2.24, 2.45) is 11.7 Å². The molecule has 0 radical (unpaired) electrons. The summed E-state index contributed by atoms with van der Waals surface area (Å²) >= 11 is 0. The lowest BCUT2D eigenvalue weighted by atomic mass is 9.88. The second kappa shape index (κ2) is 12.9. The number of hydrogen-bond donors (Lipinski definition) is 1. The topological polar surface area (TPSA) is 96.2 Å². The van der Waals surface area contributed by atoms with Crippen LogP contribution in [0.5, 0.6) is 0 Å². The Morgan fingerprint density at radius 3 is 2.00 bits per heavy atom. The van der Waals surface area contributed by atoms with E-state index in [0.717, 1.165) is 42.5 Å². The number of carbonyl (C=O) groups excluding carboxylic acids is 1. The number of rotatable bonds is 7. The molecule has 0 saturated carbocycles. The average Bonchev–Trinajstić information content (AvgIpc) is 3.72. The van der Waals surface area contributed by atoms with Crippen LogP contribution in [0.25, 0.3) is 0 Å². The number of nitrogens with zero attached hydrogens (tertiary/aromatic N) is 3. The highest BCUT2D eigenvalue weighted by Crippen LogP contribution is 2.54. The molecule has 1 unspecified atom stereocenters. The Morgan fingerprint density at radius 2 is 1.44 bits per heavy atom. The molecule has 3 heterocycles. The van der Waals surface area contributed by atoms with Gasteiger partial charge in [-0.1, -0.05) is 30.3 Å². The predicted octanol–water partition coefficient (Wildman–Crippen LogP) is 5.71. The van der Waals surface area contributed by atoms with Crippen molar-refractivity contribution in [1.29, 1.82) is 0 Å². The molecule has 0 aliphatic carbocycles. The number of urea groups is 1. The zero-order valence-electron chi connectivity index (χ0n) is 27.4. The molecule has 0 bridgehead atoms. The number of ether oxygens (including phenoxy) is 1. The molecule has 18 heteroatoms. The van der Waals surface area contributed by atoms with E-state index < -0.39 is 90.7 Å². The number of likely N-dealkylation sites (N-methyl/N-ethyl adjacent to an activating group) is 1. The first-order valence-electron chi connectivity index (χ1n) is 16.0. The third kappa shape index (κ3) is 6.10. The number of alkyl halides is 6. The summed E-state index contributed by atoms with van der Waals surface area (Å²) in [6.07, 6.45) is -12.8. The average molecular weight is 765 g/mol. The minimum atomic E-state index is -6.23. The second-order valence-electron chi connectivity index (χ2n) is 13.7. The summed E-state index contributed by atoms with van der Waals surface area (Å²) in [6, 6.07) is 7.57. The van der Waals surface area contributed by atoms with Gasteiger partial charge in [0.1, 0.15) is 22.2 Å². The standard InChI is InChI=1S/C34H33F9N4O4S/c1-45-15-23-16-47(19-30(23,44)18-45)29(48)46-14-13-31(20-46,52(49,50)25-11-9-24(35)10-12-25)21-5-7-22(8-6-21)32(33(38,39)40,34(41,42)43)51-17-26-27(36)3-2-4-28(26)37/h2-12,23H,13-20,44H2,1H3/t23?,30-,31+/m1/s1. The summed E-state index contributed by atoms with van der Waals surface area (Å²) in [5, 5.41) is 0. The van der Waals surface area contributed by atoms with Gasteiger partial charge in [-0.3, -0.25) is 0 Å². The van der Waals surface area contributed by atoms with Crippen LogP contribution in [-0.2, 0) is 31.5 Å². The number of nitrogens with two attached hydrogens (primary N) is 1. The zero-order chi connectivity index (χ0) is 38.1. The molecule has 3 fully saturated rings. The van der Waals surface area contributed by atoms with E-state index in [-0.39, 0.29) is 37.5 Å². The lowest BCUT2D eigenvalue weighted by molar-refractivity contribution is -0.392. The summed E-state index contributed by atoms with van der Waals surface area (Å²) in [6.45, 7) is -0.855. The molecule has 3 atom stereocenters. The Balaban J connectivity index is 1.39. The van der Waals surface area contributed by atoms with Gasteiger partial charge in [-0.2, -0.15) is 26.3 Å². The molecule has 8 nitrogen and oxygen atoms in total. The van der Waals surface area contributed by atoms with Gasteiger partial charge in [0, 0.05) is 56.3 Å². The summed E-state index contributed by atoms with van der Waals surface area (Å²) in [5.74, 6) is -3.70. The van der Waals surface area contributed by atoms with E-state index in [0.29, 0.717) is 37.4 Å². The van der Waals surface area contributed by atoms with Gasteiger partial charge in [-0.15, -0.1) is 0 Å². The Hall–Kier alpha value is -3.87. The van der Waals surface area contributed by atoms with Crippen LogP contribution in [0.2, 0.25) is 0 Å². The maximum atomic E-state index is 14.6. The van der Waals surface area contributed by atoms with Gasteiger partial charge in [0.2, 0.25) is 0 Å². The second-order valence-corrected chi connectivity index (χ2v) is 15.9. The monoisotopic (exact) mass is 764 g/mol. The summed E-state index contributed by atoms with van der Waals surface area (Å²) in [5.41, 5.74) is -2.20. The lowest BCUT2D eigenvalue weighted by Crippen LogP contribution is -2.56. The van der Waals surface area contributed by atoms with Crippen molar-refractivity contribution in [3.63, 3.8) is 0 Å². The molecule has 282 valence electrons. The van der Waals surface area contributed by atoms with Crippen molar-refractivity contribution >= 4 is 15.9 Å². The molecule has 2 amide bonds. The van der Waals surface area contributed by atoms with Crippen LogP contribution in [0.3, 0.4) is 0 Å². The fourth-order valence-electron chi connectivity index (χ4n) is 7.69. The Labute approximate surface area is 292 Å². The van der Waals surface area contributed by atoms with Crippen LogP contribution in [0.1, 0.15) is 23.1 Å². The van der Waals surface area contributed by atoms with Gasteiger partial charge in [0.05, 0.1) is 17.0 Å². The number of amides is 2. The van der Waals surface area contributed by atoms with Crippen LogP contribution in [-0.4, -0.2) is 93.4 Å². The fraction of sp³-hybridized carbons (Fsp3) is 0.441. The first-order chi connectivity index (χ1) is 24.1. The number of fused-ring (bicyclic) bond motifs is 1. The van der Waals surface area contributed by atoms with Crippen molar-refractivity contribution < 1.29 is 57.5 Å². The normalized spacial score (nSPS) is 24.5. The van der Waals surface area contributed by atoms with Gasteiger partial charge in [-0.05, 0) is 55.4 Å². The van der Waals surface area contributed by atoms with Crippen LogP contribution < -0.4 is 5.73 Å². The molecule has 2 N–H and O–H groups in total. The highest BCUT2D eigenvalue weighted by atomic mass is 32.2. The maximum absolute atomic E-state index is 14.6. The molecular weight excluding hydrogens is 731 g/mol. The molecule has 0 aromatic heterocycles. The SMILES string of the molecule is CN1CC2CN(C(=O)N3CC[C@](c4ccc(C(OCc5c(F)cccc5F)(C(F)(F)F)C(F)(F)F)cc4)(S(=O)(=O)c4ccc(F)cc4)C3)C[C@]2(N)C1. The number of likely N-dealkylation sites (tertiary alicyclic amines) is 3. The van der Waals surface area contributed by atoms with Crippen LogP contribution in [0, 0.1) is 23.4 Å². The van der Waals surface area contributed by atoms with Crippen molar-refractivity contribution in [2.45, 2.75) is 46.2 Å². The lowest BCUT2D eigenvalue weighted by Gasteiger charge is -2.38. The number of carbonyl (C=O) groups is 1. The number of halogens is 9. The molecule has 3 aromatic rings. The first-order valence-corrected chi connectivity index (χ1v) is 17.5. The molecule has 3 aromatic carbocycles. The highest BCUT2D eigenvalue weighted by Gasteiger charge is 2.73. The highest BCUT2D eigenvalue weighted by molar-refractivity contribution is 7.92. The molecule has 52 heavy (non-hydrogen) atoms. The van der Waals surface area contributed by atoms with Crippen molar-refractivity contribution in [3.05, 3.63) is 101 Å². The van der Waals surface area contributed by atoms with E-state index in [1.165, 1.54) is 9.80 Å². The molecule has 3 aliphatic rings.